The maximum Gasteiger partial charge on any atom is 0.247 e. The zero-order valence-corrected chi connectivity index (χ0v) is 8.28. The van der Waals surface area contributed by atoms with E-state index < -0.39 is 5.91 Å². The lowest BCUT2D eigenvalue weighted by molar-refractivity contribution is -0.114. The summed E-state index contributed by atoms with van der Waals surface area (Å²) in [7, 11) is 0. The molecule has 0 aliphatic rings. The SMILES string of the molecule is CC(=COc1ccc(C)cc1)C(N)=O. The second-order valence-corrected chi connectivity index (χ2v) is 3.10. The van der Waals surface area contributed by atoms with E-state index in [4.69, 9.17) is 10.5 Å². The van der Waals surface area contributed by atoms with Crippen molar-refractivity contribution >= 4 is 5.91 Å². The number of aryl methyl sites for hydroxylation is 1. The quantitative estimate of drug-likeness (QED) is 0.584. The number of amides is 1. The van der Waals surface area contributed by atoms with Crippen LogP contribution in [0.3, 0.4) is 0 Å². The summed E-state index contributed by atoms with van der Waals surface area (Å²) in [5.41, 5.74) is 6.59. The molecule has 2 N–H and O–H groups in total. The number of ether oxygens (including phenoxy) is 1. The van der Waals surface area contributed by atoms with Gasteiger partial charge in [0.05, 0.1) is 6.26 Å². The van der Waals surface area contributed by atoms with E-state index in [-0.39, 0.29) is 0 Å². The normalized spacial score (nSPS) is 11.1. The summed E-state index contributed by atoms with van der Waals surface area (Å²) in [6.45, 7) is 3.60. The third kappa shape index (κ3) is 2.94. The van der Waals surface area contributed by atoms with Gasteiger partial charge in [-0.15, -0.1) is 0 Å². The summed E-state index contributed by atoms with van der Waals surface area (Å²) in [4.78, 5) is 10.6. The smallest absolute Gasteiger partial charge is 0.247 e. The Hall–Kier alpha value is -1.77. The Bertz CT molecular complexity index is 352. The summed E-state index contributed by atoms with van der Waals surface area (Å²) >= 11 is 0. The van der Waals surface area contributed by atoms with Crippen LogP contribution in [-0.4, -0.2) is 5.91 Å². The highest BCUT2D eigenvalue weighted by Crippen LogP contribution is 2.12. The first-order chi connectivity index (χ1) is 6.59. The zero-order chi connectivity index (χ0) is 10.6. The number of primary amides is 1. The summed E-state index contributed by atoms with van der Waals surface area (Å²) in [5.74, 6) is 0.216. The molecule has 0 bridgehead atoms. The van der Waals surface area contributed by atoms with E-state index in [0.717, 1.165) is 5.56 Å². The Balaban J connectivity index is 2.66. The molecular weight excluding hydrogens is 178 g/mol. The molecule has 14 heavy (non-hydrogen) atoms. The third-order valence-corrected chi connectivity index (χ3v) is 1.78. The standard InChI is InChI=1S/C11H13NO2/c1-8-3-5-10(6-4-8)14-7-9(2)11(12)13/h3-7H,1-2H3,(H2,12,13). The minimum atomic E-state index is -0.475. The van der Waals surface area contributed by atoms with Gasteiger partial charge in [0, 0.05) is 5.57 Å². The monoisotopic (exact) mass is 191 g/mol. The average molecular weight is 191 g/mol. The summed E-state index contributed by atoms with van der Waals surface area (Å²) < 4.78 is 5.22. The minimum absolute atomic E-state index is 0.394. The fourth-order valence-electron chi connectivity index (χ4n) is 0.831. The number of carbonyl (C=O) groups excluding carboxylic acids is 1. The molecular formula is C11H13NO2. The molecule has 0 saturated heterocycles. The van der Waals surface area contributed by atoms with E-state index in [1.807, 2.05) is 31.2 Å². The summed E-state index contributed by atoms with van der Waals surface area (Å²) in [5, 5.41) is 0. The molecule has 0 heterocycles. The maximum atomic E-state index is 10.6. The molecule has 0 aliphatic heterocycles. The molecule has 1 aromatic carbocycles. The van der Waals surface area contributed by atoms with Crippen LogP contribution in [-0.2, 0) is 4.79 Å². The lowest BCUT2D eigenvalue weighted by Gasteiger charge is -2.01. The molecule has 3 heteroatoms. The topological polar surface area (TPSA) is 52.3 Å². The van der Waals surface area contributed by atoms with Crippen molar-refractivity contribution in [1.29, 1.82) is 0 Å². The van der Waals surface area contributed by atoms with Gasteiger partial charge in [0.2, 0.25) is 5.91 Å². The Morgan fingerprint density at radius 2 is 1.93 bits per heavy atom. The molecule has 0 spiro atoms. The van der Waals surface area contributed by atoms with Crippen LogP contribution in [0.4, 0.5) is 0 Å². The van der Waals surface area contributed by atoms with E-state index in [2.05, 4.69) is 0 Å². The van der Waals surface area contributed by atoms with Crippen molar-refractivity contribution in [2.75, 3.05) is 0 Å². The van der Waals surface area contributed by atoms with Crippen LogP contribution in [0, 0.1) is 6.92 Å². The van der Waals surface area contributed by atoms with Gasteiger partial charge in [-0.2, -0.15) is 0 Å². The number of carbonyl (C=O) groups is 1. The maximum absolute atomic E-state index is 10.6. The van der Waals surface area contributed by atoms with Crippen LogP contribution < -0.4 is 10.5 Å². The van der Waals surface area contributed by atoms with Crippen LogP contribution in [0.25, 0.3) is 0 Å². The summed E-state index contributed by atoms with van der Waals surface area (Å²) in [6.07, 6.45) is 1.35. The van der Waals surface area contributed by atoms with Crippen LogP contribution in [0.1, 0.15) is 12.5 Å². The highest BCUT2D eigenvalue weighted by atomic mass is 16.5. The van der Waals surface area contributed by atoms with Crippen LogP contribution in [0.5, 0.6) is 5.75 Å². The summed E-state index contributed by atoms with van der Waals surface area (Å²) in [6, 6.07) is 7.53. The predicted molar refractivity (Wildman–Crippen MR) is 54.8 cm³/mol. The van der Waals surface area contributed by atoms with Gasteiger partial charge in [-0.05, 0) is 26.0 Å². The molecule has 0 radical (unpaired) electrons. The van der Waals surface area contributed by atoms with Crippen molar-refractivity contribution in [3.05, 3.63) is 41.7 Å². The van der Waals surface area contributed by atoms with Crippen molar-refractivity contribution in [2.45, 2.75) is 13.8 Å². The number of hydrogen-bond donors (Lipinski definition) is 1. The van der Waals surface area contributed by atoms with Gasteiger partial charge in [-0.3, -0.25) is 4.79 Å². The van der Waals surface area contributed by atoms with Crippen molar-refractivity contribution in [3.63, 3.8) is 0 Å². The van der Waals surface area contributed by atoms with Gasteiger partial charge < -0.3 is 10.5 Å². The first-order valence-electron chi connectivity index (χ1n) is 4.29. The van der Waals surface area contributed by atoms with Crippen molar-refractivity contribution < 1.29 is 9.53 Å². The minimum Gasteiger partial charge on any atom is -0.465 e. The zero-order valence-electron chi connectivity index (χ0n) is 8.28. The molecule has 0 atom stereocenters. The molecule has 1 rings (SSSR count). The molecule has 0 unspecified atom stereocenters. The first-order valence-corrected chi connectivity index (χ1v) is 4.29. The van der Waals surface area contributed by atoms with Gasteiger partial charge in [0.15, 0.2) is 0 Å². The number of nitrogens with two attached hydrogens (primary N) is 1. The highest BCUT2D eigenvalue weighted by Gasteiger charge is 1.97. The van der Waals surface area contributed by atoms with Gasteiger partial charge >= 0.3 is 0 Å². The second-order valence-electron chi connectivity index (χ2n) is 3.10. The van der Waals surface area contributed by atoms with E-state index in [9.17, 15) is 4.79 Å². The van der Waals surface area contributed by atoms with Gasteiger partial charge in [0.25, 0.3) is 0 Å². The molecule has 74 valence electrons. The highest BCUT2D eigenvalue weighted by molar-refractivity contribution is 5.90. The average Bonchev–Trinajstić information content (AvgIpc) is 2.16. The first kappa shape index (κ1) is 10.3. The number of hydrogen-bond acceptors (Lipinski definition) is 2. The fraction of sp³-hybridized carbons (Fsp3) is 0.182. The molecule has 0 aromatic heterocycles. The number of benzene rings is 1. The van der Waals surface area contributed by atoms with Gasteiger partial charge in [-0.25, -0.2) is 0 Å². The lowest BCUT2D eigenvalue weighted by Crippen LogP contribution is -2.12. The lowest BCUT2D eigenvalue weighted by atomic mass is 10.2. The van der Waals surface area contributed by atoms with E-state index in [1.54, 1.807) is 6.92 Å². The molecule has 1 amide bonds. The second kappa shape index (κ2) is 4.46. The van der Waals surface area contributed by atoms with E-state index >= 15 is 0 Å². The van der Waals surface area contributed by atoms with Crippen molar-refractivity contribution in [3.8, 4) is 5.75 Å². The number of rotatable bonds is 3. The Morgan fingerprint density at radius 3 is 2.43 bits per heavy atom. The third-order valence-electron chi connectivity index (χ3n) is 1.78. The van der Waals surface area contributed by atoms with E-state index in [0.29, 0.717) is 11.3 Å². The molecule has 1 aromatic rings. The fourth-order valence-corrected chi connectivity index (χ4v) is 0.831. The van der Waals surface area contributed by atoms with Crippen LogP contribution in [0.15, 0.2) is 36.1 Å². The van der Waals surface area contributed by atoms with Crippen LogP contribution >= 0.6 is 0 Å². The molecule has 3 nitrogen and oxygen atoms in total. The molecule has 0 fully saturated rings. The van der Waals surface area contributed by atoms with Crippen molar-refractivity contribution in [1.82, 2.24) is 0 Å². The predicted octanol–water partition coefficient (Wildman–Crippen LogP) is 1.76. The van der Waals surface area contributed by atoms with Crippen molar-refractivity contribution in [2.24, 2.45) is 5.73 Å². The Morgan fingerprint density at radius 1 is 1.36 bits per heavy atom. The molecule has 0 saturated carbocycles. The van der Waals surface area contributed by atoms with Gasteiger partial charge in [-0.1, -0.05) is 17.7 Å². The van der Waals surface area contributed by atoms with Gasteiger partial charge in [0.1, 0.15) is 5.75 Å². The molecule has 0 aliphatic carbocycles. The largest absolute Gasteiger partial charge is 0.465 e. The Labute approximate surface area is 83.2 Å². The van der Waals surface area contributed by atoms with E-state index in [1.165, 1.54) is 6.26 Å². The van der Waals surface area contributed by atoms with Crippen LogP contribution in [0.2, 0.25) is 0 Å². The Kier molecular flexibility index (Phi) is 3.29.